The van der Waals surface area contributed by atoms with Crippen molar-refractivity contribution in [1.29, 1.82) is 0 Å². The minimum atomic E-state index is -5.21. The number of hydrogen-bond donors (Lipinski definition) is 1. The number of esters is 1. The van der Waals surface area contributed by atoms with Crippen molar-refractivity contribution in [1.82, 2.24) is 5.32 Å². The van der Waals surface area contributed by atoms with Crippen molar-refractivity contribution in [2.24, 2.45) is 0 Å². The van der Waals surface area contributed by atoms with Crippen LogP contribution < -0.4 is 69.5 Å². The molecule has 0 aromatic rings. The number of carboxylic acids is 1. The second-order valence-electron chi connectivity index (χ2n) is 8.94. The molecular weight excluding hydrogens is 520 g/mol. The summed E-state index contributed by atoms with van der Waals surface area (Å²) in [5.41, 5.74) is 0. The van der Waals surface area contributed by atoms with E-state index in [0.717, 1.165) is 44.9 Å². The molecule has 9 nitrogen and oxygen atoms in total. The Balaban J connectivity index is -0.00000578. The third-order valence-electron chi connectivity index (χ3n) is 5.53. The van der Waals surface area contributed by atoms with Crippen LogP contribution in [0.3, 0.4) is 0 Å². The first-order chi connectivity index (χ1) is 16.6. The topological polar surface area (TPSA) is 153 Å². The van der Waals surface area contributed by atoms with Crippen LogP contribution >= 0.6 is 0 Å². The fourth-order valence-corrected chi connectivity index (χ4v) is 4.10. The average Bonchev–Trinajstić information content (AvgIpc) is 2.77. The van der Waals surface area contributed by atoms with Crippen molar-refractivity contribution in [3.05, 3.63) is 12.2 Å². The Hall–Kier alpha value is 0.0600. The SMILES string of the molecule is CCCCCCCC/C=C\CCCCCCCC(=O)NCC(C)OC(=O)C(CC(=O)[O-])S(=O)(=O)[O-].[Na+].[Na+]. The molecule has 1 N–H and O–H groups in total. The third-order valence-corrected chi connectivity index (χ3v) is 6.59. The number of carbonyl (C=O) groups excluding carboxylic acids is 3. The molecule has 12 heteroatoms. The number of carbonyl (C=O) groups is 3. The summed E-state index contributed by atoms with van der Waals surface area (Å²) in [6.45, 7) is 3.55. The minimum Gasteiger partial charge on any atom is -0.747 e. The molecule has 0 aromatic heterocycles. The Kier molecular flexibility index (Phi) is 29.5. The van der Waals surface area contributed by atoms with Gasteiger partial charge in [0.05, 0.1) is 6.54 Å². The summed E-state index contributed by atoms with van der Waals surface area (Å²) < 4.78 is 38.0. The molecule has 0 spiro atoms. The number of rotatable bonds is 22. The molecule has 37 heavy (non-hydrogen) atoms. The van der Waals surface area contributed by atoms with Gasteiger partial charge in [0.1, 0.15) is 16.2 Å². The molecule has 2 unspecified atom stereocenters. The van der Waals surface area contributed by atoms with E-state index in [4.69, 9.17) is 4.74 Å². The third kappa shape index (κ3) is 26.1. The summed E-state index contributed by atoms with van der Waals surface area (Å²) in [5, 5.41) is 10.8. The van der Waals surface area contributed by atoms with E-state index in [-0.39, 0.29) is 71.6 Å². The van der Waals surface area contributed by atoms with Gasteiger partial charge in [-0.05, 0) is 39.0 Å². The van der Waals surface area contributed by atoms with Gasteiger partial charge in [0, 0.05) is 18.8 Å². The molecule has 0 bridgehead atoms. The van der Waals surface area contributed by atoms with Crippen LogP contribution in [-0.4, -0.2) is 48.7 Å². The van der Waals surface area contributed by atoms with Gasteiger partial charge in [0.15, 0.2) is 5.25 Å². The van der Waals surface area contributed by atoms with E-state index in [1.165, 1.54) is 45.4 Å². The van der Waals surface area contributed by atoms with E-state index < -0.39 is 39.8 Å². The molecule has 0 aliphatic rings. The van der Waals surface area contributed by atoms with Gasteiger partial charge in [-0.25, -0.2) is 8.42 Å². The Morgan fingerprint density at radius 3 is 1.84 bits per heavy atom. The van der Waals surface area contributed by atoms with Crippen LogP contribution in [0.5, 0.6) is 0 Å². The van der Waals surface area contributed by atoms with E-state index in [2.05, 4.69) is 24.4 Å². The molecule has 0 saturated carbocycles. The maximum Gasteiger partial charge on any atom is 1.00 e. The average molecular weight is 564 g/mol. The smallest absolute Gasteiger partial charge is 0.747 e. The first-order valence-electron chi connectivity index (χ1n) is 12.8. The van der Waals surface area contributed by atoms with Crippen molar-refractivity contribution < 1.29 is 96.3 Å². The van der Waals surface area contributed by atoms with Crippen LogP contribution in [0.15, 0.2) is 12.2 Å². The first-order valence-corrected chi connectivity index (χ1v) is 14.3. The van der Waals surface area contributed by atoms with Gasteiger partial charge < -0.3 is 24.5 Å². The van der Waals surface area contributed by atoms with Crippen LogP contribution in [0.1, 0.15) is 110 Å². The van der Waals surface area contributed by atoms with Gasteiger partial charge in [-0.1, -0.05) is 70.4 Å². The number of aliphatic carboxylic acids is 1. The normalized spacial score (nSPS) is 12.7. The van der Waals surface area contributed by atoms with Gasteiger partial charge in [0.2, 0.25) is 5.91 Å². The van der Waals surface area contributed by atoms with Crippen LogP contribution in [0, 0.1) is 0 Å². The maximum absolute atomic E-state index is 11.9. The summed E-state index contributed by atoms with van der Waals surface area (Å²) in [6.07, 6.45) is 17.8. The zero-order valence-electron chi connectivity index (χ0n) is 23.3. The first kappa shape index (κ1) is 41.5. The summed E-state index contributed by atoms with van der Waals surface area (Å²) in [6, 6.07) is 0. The van der Waals surface area contributed by atoms with E-state index in [1.54, 1.807) is 0 Å². The number of ether oxygens (including phenoxy) is 1. The summed E-state index contributed by atoms with van der Waals surface area (Å²) >= 11 is 0. The Morgan fingerprint density at radius 1 is 0.865 bits per heavy atom. The molecule has 0 aliphatic heterocycles. The molecule has 0 saturated heterocycles. The van der Waals surface area contributed by atoms with Crippen molar-refractivity contribution in [2.75, 3.05) is 6.54 Å². The fraction of sp³-hybridized carbons (Fsp3) is 0.800. The van der Waals surface area contributed by atoms with E-state index >= 15 is 0 Å². The van der Waals surface area contributed by atoms with Crippen molar-refractivity contribution in [2.45, 2.75) is 122 Å². The predicted molar refractivity (Wildman–Crippen MR) is 131 cm³/mol. The maximum atomic E-state index is 11.9. The van der Waals surface area contributed by atoms with E-state index in [0.29, 0.717) is 6.42 Å². The molecule has 0 radical (unpaired) electrons. The van der Waals surface area contributed by atoms with Gasteiger partial charge in [0.25, 0.3) is 0 Å². The standard InChI is InChI=1S/C25H45NO8S.2Na/c1-3-4-5-6-7-8-9-10-11-12-13-14-15-16-17-18-23(27)26-20-21(2)34-25(30)22(19-24(28)29)35(31,32)33;;/h10-11,21-22H,3-9,12-20H2,1-2H3,(H,26,27)(H,28,29)(H,31,32,33);;/q;2*+1/p-2/b11-10-;;. The Bertz CT molecular complexity index is 747. The van der Waals surface area contributed by atoms with Crippen LogP contribution in [0.4, 0.5) is 0 Å². The van der Waals surface area contributed by atoms with Crippen LogP contribution in [0.25, 0.3) is 0 Å². The Morgan fingerprint density at radius 2 is 1.35 bits per heavy atom. The fourth-order valence-electron chi connectivity index (χ4n) is 3.47. The second-order valence-corrected chi connectivity index (χ2v) is 10.5. The molecule has 2 atom stereocenters. The molecule has 0 heterocycles. The van der Waals surface area contributed by atoms with Gasteiger partial charge >= 0.3 is 65.1 Å². The van der Waals surface area contributed by atoms with Gasteiger partial charge in [-0.2, -0.15) is 0 Å². The number of nitrogens with one attached hydrogen (secondary N) is 1. The zero-order valence-corrected chi connectivity index (χ0v) is 28.1. The zero-order chi connectivity index (χ0) is 26.5. The molecule has 0 rings (SSSR count). The number of carboxylic acid groups (broad SMARTS) is 1. The molecule has 0 fully saturated rings. The Labute approximate surface area is 267 Å². The van der Waals surface area contributed by atoms with Crippen molar-refractivity contribution in [3.63, 3.8) is 0 Å². The summed E-state index contributed by atoms with van der Waals surface area (Å²) in [7, 11) is -5.21. The largest absolute Gasteiger partial charge is 1.00 e. The minimum absolute atomic E-state index is 0. The monoisotopic (exact) mass is 563 g/mol. The quantitative estimate of drug-likeness (QED) is 0.0485. The molecule has 0 aromatic carbocycles. The van der Waals surface area contributed by atoms with Crippen molar-refractivity contribution in [3.8, 4) is 0 Å². The predicted octanol–water partition coefficient (Wildman–Crippen LogP) is -2.87. The number of hydrogen-bond acceptors (Lipinski definition) is 8. The van der Waals surface area contributed by atoms with Crippen LogP contribution in [0.2, 0.25) is 0 Å². The van der Waals surface area contributed by atoms with Crippen molar-refractivity contribution >= 4 is 28.0 Å². The molecule has 0 aliphatic carbocycles. The second kappa shape index (κ2) is 26.3. The number of unbranched alkanes of at least 4 members (excludes halogenated alkanes) is 11. The number of amides is 1. The molecule has 204 valence electrons. The van der Waals surface area contributed by atoms with Gasteiger partial charge in [-0.3, -0.25) is 9.59 Å². The van der Waals surface area contributed by atoms with Gasteiger partial charge in [-0.15, -0.1) is 0 Å². The van der Waals surface area contributed by atoms with E-state index in [1.807, 2.05) is 0 Å². The van der Waals surface area contributed by atoms with Crippen LogP contribution in [-0.2, 0) is 29.2 Å². The van der Waals surface area contributed by atoms with E-state index in [9.17, 15) is 32.5 Å². The molecular formula is C25H43NNa2O8S. The molecule has 1 amide bonds. The summed E-state index contributed by atoms with van der Waals surface area (Å²) in [5.74, 6) is -3.55. The summed E-state index contributed by atoms with van der Waals surface area (Å²) in [4.78, 5) is 34.3. The number of allylic oxidation sites excluding steroid dienone is 2.